The maximum atomic E-state index is 13.2. The zero-order valence-corrected chi connectivity index (χ0v) is 20.0. The van der Waals surface area contributed by atoms with Gasteiger partial charge in [0, 0.05) is 18.1 Å². The molecule has 0 bridgehead atoms. The summed E-state index contributed by atoms with van der Waals surface area (Å²) in [6, 6.07) is 0. The van der Waals surface area contributed by atoms with E-state index < -0.39 is 83.0 Å². The van der Waals surface area contributed by atoms with Crippen molar-refractivity contribution in [1.29, 1.82) is 0 Å². The summed E-state index contributed by atoms with van der Waals surface area (Å²) in [5.74, 6) is -2.76. The molecule has 4 fully saturated rings. The molecule has 10 heteroatoms. The molecule has 1 saturated carbocycles. The molecule has 3 saturated heterocycles. The van der Waals surface area contributed by atoms with Crippen LogP contribution in [0.1, 0.15) is 47.5 Å². The van der Waals surface area contributed by atoms with Crippen molar-refractivity contribution >= 4 is 17.9 Å². The van der Waals surface area contributed by atoms with E-state index in [9.17, 15) is 24.6 Å². The lowest BCUT2D eigenvalue weighted by Crippen LogP contribution is -2.63. The highest BCUT2D eigenvalue weighted by atomic mass is 16.7. The third-order valence-corrected chi connectivity index (χ3v) is 8.29. The Morgan fingerprint density at radius 2 is 1.85 bits per heavy atom. The highest BCUT2D eigenvalue weighted by Crippen LogP contribution is 2.76. The maximum Gasteiger partial charge on any atom is 0.338 e. The second-order valence-electron chi connectivity index (χ2n) is 11.1. The quantitative estimate of drug-likeness (QED) is 0.316. The van der Waals surface area contributed by atoms with Gasteiger partial charge in [0.1, 0.15) is 18.3 Å². The number of rotatable bonds is 6. The molecular weight excluding hydrogens is 448 g/mol. The van der Waals surface area contributed by atoms with Crippen LogP contribution in [-0.2, 0) is 38.1 Å². The summed E-state index contributed by atoms with van der Waals surface area (Å²) >= 11 is 0. The Morgan fingerprint density at radius 1 is 1.15 bits per heavy atom. The molecule has 34 heavy (non-hydrogen) atoms. The number of cyclic esters (lactones) is 1. The van der Waals surface area contributed by atoms with Gasteiger partial charge in [-0.1, -0.05) is 34.1 Å². The molecular formula is C24H32O10. The molecule has 4 heterocycles. The van der Waals surface area contributed by atoms with Crippen LogP contribution in [0.4, 0.5) is 0 Å². The number of unbranched alkanes of at least 4 members (excludes halogenated alkanes) is 1. The van der Waals surface area contributed by atoms with Crippen molar-refractivity contribution in [2.24, 2.45) is 22.2 Å². The number of carbonyl (C=O) groups is 3. The average Bonchev–Trinajstić information content (AvgIpc) is 3.45. The monoisotopic (exact) mass is 480 g/mol. The van der Waals surface area contributed by atoms with E-state index in [1.54, 1.807) is 6.92 Å². The number of hydrogen-bond acceptors (Lipinski definition) is 10. The van der Waals surface area contributed by atoms with Gasteiger partial charge in [0.25, 0.3) is 0 Å². The molecule has 5 rings (SSSR count). The minimum atomic E-state index is -1.65. The summed E-state index contributed by atoms with van der Waals surface area (Å²) in [7, 11) is 0. The molecule has 6 unspecified atom stereocenters. The van der Waals surface area contributed by atoms with Gasteiger partial charge in [-0.2, -0.15) is 0 Å². The average molecular weight is 481 g/mol. The SMILES string of the molecule is CCCCO[C@H]1C(=O)OC2OC3C(=O)OC4[C@H](O)[C@@H](C(C)(C)C)C21C34[C@@H](O)C1C=C(C)C(=O)O1. The fourth-order valence-electron chi connectivity index (χ4n) is 7.29. The van der Waals surface area contributed by atoms with E-state index in [1.165, 1.54) is 6.08 Å². The molecule has 10 atom stereocenters. The highest BCUT2D eigenvalue weighted by Gasteiger charge is 2.93. The third-order valence-electron chi connectivity index (χ3n) is 8.29. The largest absolute Gasteiger partial charge is 0.457 e. The number of aliphatic hydroxyl groups is 2. The van der Waals surface area contributed by atoms with Crippen molar-refractivity contribution in [1.82, 2.24) is 0 Å². The van der Waals surface area contributed by atoms with E-state index in [4.69, 9.17) is 23.7 Å². The summed E-state index contributed by atoms with van der Waals surface area (Å²) in [5, 5.41) is 23.5. The normalized spacial score (nSPS) is 45.6. The Balaban J connectivity index is 1.74. The molecule has 0 aromatic rings. The van der Waals surface area contributed by atoms with Crippen LogP contribution in [-0.4, -0.2) is 77.6 Å². The van der Waals surface area contributed by atoms with E-state index in [1.807, 2.05) is 27.7 Å². The van der Waals surface area contributed by atoms with E-state index in [-0.39, 0.29) is 6.61 Å². The molecule has 5 aliphatic rings. The van der Waals surface area contributed by atoms with Crippen molar-refractivity contribution < 1.29 is 48.3 Å². The van der Waals surface area contributed by atoms with E-state index >= 15 is 0 Å². The van der Waals surface area contributed by atoms with Crippen LogP contribution in [0.15, 0.2) is 11.6 Å². The van der Waals surface area contributed by atoms with Crippen molar-refractivity contribution in [3.63, 3.8) is 0 Å². The van der Waals surface area contributed by atoms with Gasteiger partial charge in [-0.15, -0.1) is 0 Å². The van der Waals surface area contributed by atoms with E-state index in [0.717, 1.165) is 6.42 Å². The fraction of sp³-hybridized carbons (Fsp3) is 0.792. The first-order chi connectivity index (χ1) is 15.9. The van der Waals surface area contributed by atoms with Crippen molar-refractivity contribution in [3.8, 4) is 0 Å². The fourth-order valence-corrected chi connectivity index (χ4v) is 7.29. The maximum absolute atomic E-state index is 13.2. The molecule has 0 radical (unpaired) electrons. The number of ether oxygens (including phenoxy) is 5. The Morgan fingerprint density at radius 3 is 2.44 bits per heavy atom. The lowest BCUT2D eigenvalue weighted by Gasteiger charge is -2.48. The Hall–Kier alpha value is -2.01. The molecule has 0 aromatic heterocycles. The van der Waals surface area contributed by atoms with Gasteiger partial charge < -0.3 is 33.9 Å². The zero-order chi connectivity index (χ0) is 24.8. The topological polar surface area (TPSA) is 138 Å². The third kappa shape index (κ3) is 2.62. The molecule has 2 N–H and O–H groups in total. The zero-order valence-electron chi connectivity index (χ0n) is 20.0. The smallest absolute Gasteiger partial charge is 0.338 e. The van der Waals surface area contributed by atoms with Crippen LogP contribution in [0.2, 0.25) is 0 Å². The summed E-state index contributed by atoms with van der Waals surface area (Å²) in [6.07, 6.45) is -5.94. The molecule has 4 aliphatic heterocycles. The Labute approximate surface area is 197 Å². The van der Waals surface area contributed by atoms with Crippen molar-refractivity contribution in [3.05, 3.63) is 11.6 Å². The van der Waals surface area contributed by atoms with Crippen LogP contribution in [0.25, 0.3) is 0 Å². The predicted molar refractivity (Wildman–Crippen MR) is 113 cm³/mol. The molecule has 10 nitrogen and oxygen atoms in total. The van der Waals surface area contributed by atoms with E-state index in [0.29, 0.717) is 12.0 Å². The summed E-state index contributed by atoms with van der Waals surface area (Å²) in [5.41, 5.74) is -3.45. The second-order valence-corrected chi connectivity index (χ2v) is 11.1. The molecule has 0 amide bonds. The Bertz CT molecular complexity index is 952. The first-order valence-electron chi connectivity index (χ1n) is 11.9. The minimum absolute atomic E-state index is 0.242. The first kappa shape index (κ1) is 23.7. The van der Waals surface area contributed by atoms with Gasteiger partial charge in [0.15, 0.2) is 12.2 Å². The van der Waals surface area contributed by atoms with Crippen LogP contribution < -0.4 is 0 Å². The molecule has 188 valence electrons. The number of carbonyl (C=O) groups excluding carboxylic acids is 3. The van der Waals surface area contributed by atoms with Gasteiger partial charge in [-0.05, 0) is 24.8 Å². The number of hydrogen-bond donors (Lipinski definition) is 2. The van der Waals surface area contributed by atoms with Gasteiger partial charge in [-0.25, -0.2) is 14.4 Å². The standard InChI is InChI=1S/C24H32O10/c1-6-7-8-30-16-19(28)34-21-23(16)13(22(3,4)5)12(25)15-24(23,17(33-21)20(29)32-15)14(26)11-9-10(2)18(27)31-11/h9,11-17,21,25-26H,6-8H2,1-5H3/t11?,12-,13+,14+,15?,16+,17?,21?,23?,24?/m1/s1. The lowest BCUT2D eigenvalue weighted by atomic mass is 9.52. The molecule has 0 aromatic carbocycles. The molecule has 1 spiro atoms. The number of esters is 3. The number of aliphatic hydroxyl groups excluding tert-OH is 2. The van der Waals surface area contributed by atoms with E-state index in [2.05, 4.69) is 0 Å². The summed E-state index contributed by atoms with van der Waals surface area (Å²) < 4.78 is 28.9. The van der Waals surface area contributed by atoms with Gasteiger partial charge in [0.2, 0.25) is 6.29 Å². The second kappa shape index (κ2) is 7.49. The van der Waals surface area contributed by atoms with Crippen LogP contribution in [0, 0.1) is 22.2 Å². The van der Waals surface area contributed by atoms with Crippen LogP contribution in [0.5, 0.6) is 0 Å². The highest BCUT2D eigenvalue weighted by molar-refractivity contribution is 5.90. The van der Waals surface area contributed by atoms with Crippen molar-refractivity contribution in [2.75, 3.05) is 6.61 Å². The Kier molecular flexibility index (Phi) is 5.23. The van der Waals surface area contributed by atoms with Gasteiger partial charge >= 0.3 is 17.9 Å². The molecule has 1 aliphatic carbocycles. The van der Waals surface area contributed by atoms with Crippen molar-refractivity contribution in [2.45, 2.75) is 90.4 Å². The summed E-state index contributed by atoms with van der Waals surface area (Å²) in [4.78, 5) is 38.4. The van der Waals surface area contributed by atoms with Gasteiger partial charge in [-0.3, -0.25) is 0 Å². The first-order valence-corrected chi connectivity index (χ1v) is 11.9. The van der Waals surface area contributed by atoms with Crippen LogP contribution >= 0.6 is 0 Å². The van der Waals surface area contributed by atoms with Crippen LogP contribution in [0.3, 0.4) is 0 Å². The lowest BCUT2D eigenvalue weighted by molar-refractivity contribution is -0.186. The predicted octanol–water partition coefficient (Wildman–Crippen LogP) is 0.621. The summed E-state index contributed by atoms with van der Waals surface area (Å²) in [6.45, 7) is 9.48. The minimum Gasteiger partial charge on any atom is -0.457 e. The van der Waals surface area contributed by atoms with Gasteiger partial charge in [0.05, 0.1) is 16.9 Å².